The minimum atomic E-state index is -0.311. The van der Waals surface area contributed by atoms with Crippen molar-refractivity contribution in [2.45, 2.75) is 27.2 Å². The number of hydrogen-bond acceptors (Lipinski definition) is 3. The molecule has 108 valence electrons. The number of aliphatic hydroxyl groups is 1. The second-order valence-corrected chi connectivity index (χ2v) is 5.59. The first kappa shape index (κ1) is 16.0. The molecular weight excluding hydrogens is 254 g/mol. The molecule has 0 atom stereocenters. The Morgan fingerprint density at radius 1 is 1.45 bits per heavy atom. The topological polar surface area (TPSA) is 85.2 Å². The number of amides is 2. The number of rotatable bonds is 5. The van der Waals surface area contributed by atoms with E-state index in [4.69, 9.17) is 10.4 Å². The number of aryl methyl sites for hydroxylation is 1. The van der Waals surface area contributed by atoms with Crippen LogP contribution >= 0.6 is 0 Å². The molecule has 0 unspecified atom stereocenters. The fourth-order valence-electron chi connectivity index (χ4n) is 1.70. The maximum Gasteiger partial charge on any atom is 0.319 e. The number of benzene rings is 1. The summed E-state index contributed by atoms with van der Waals surface area (Å²) in [7, 11) is 0. The summed E-state index contributed by atoms with van der Waals surface area (Å²) in [5.74, 6) is 0. The maximum atomic E-state index is 11.8. The number of nitriles is 1. The van der Waals surface area contributed by atoms with E-state index in [2.05, 4.69) is 10.6 Å². The van der Waals surface area contributed by atoms with Crippen LogP contribution in [-0.2, 0) is 0 Å². The molecule has 20 heavy (non-hydrogen) atoms. The molecule has 1 rings (SSSR count). The van der Waals surface area contributed by atoms with E-state index >= 15 is 0 Å². The number of nitrogens with zero attached hydrogens (tertiary/aromatic N) is 1. The van der Waals surface area contributed by atoms with Gasteiger partial charge in [-0.1, -0.05) is 19.9 Å². The largest absolute Gasteiger partial charge is 0.396 e. The third-order valence-corrected chi connectivity index (χ3v) is 3.13. The monoisotopic (exact) mass is 275 g/mol. The standard InChI is InChI=1S/C15H21N3O2/c1-11-4-5-12(9-16)8-13(11)18-14(20)17-10-15(2,3)6-7-19/h4-5,8,19H,6-7,10H2,1-3H3,(H2,17,18,20). The highest BCUT2D eigenvalue weighted by atomic mass is 16.3. The summed E-state index contributed by atoms with van der Waals surface area (Å²) in [5, 5.41) is 23.3. The summed E-state index contributed by atoms with van der Waals surface area (Å²) in [6.45, 7) is 6.39. The SMILES string of the molecule is Cc1ccc(C#N)cc1NC(=O)NCC(C)(C)CCO. The molecule has 1 aromatic carbocycles. The Hall–Kier alpha value is -2.06. The van der Waals surface area contributed by atoms with Crippen LogP contribution in [0.5, 0.6) is 0 Å². The van der Waals surface area contributed by atoms with Crippen molar-refractivity contribution in [3.8, 4) is 6.07 Å². The lowest BCUT2D eigenvalue weighted by molar-refractivity contribution is 0.204. The Morgan fingerprint density at radius 3 is 2.75 bits per heavy atom. The second-order valence-electron chi connectivity index (χ2n) is 5.59. The smallest absolute Gasteiger partial charge is 0.319 e. The zero-order valence-electron chi connectivity index (χ0n) is 12.2. The molecule has 0 spiro atoms. The second kappa shape index (κ2) is 6.92. The van der Waals surface area contributed by atoms with Gasteiger partial charge in [-0.15, -0.1) is 0 Å². The highest BCUT2D eigenvalue weighted by Gasteiger charge is 2.18. The highest BCUT2D eigenvalue weighted by Crippen LogP contribution is 2.19. The average molecular weight is 275 g/mol. The van der Waals surface area contributed by atoms with Crippen LogP contribution < -0.4 is 10.6 Å². The molecule has 5 heteroatoms. The molecule has 3 N–H and O–H groups in total. The van der Waals surface area contributed by atoms with Crippen LogP contribution in [0.1, 0.15) is 31.4 Å². The minimum Gasteiger partial charge on any atom is -0.396 e. The Morgan fingerprint density at radius 2 is 2.15 bits per heavy atom. The number of aliphatic hydroxyl groups excluding tert-OH is 1. The predicted octanol–water partition coefficient (Wildman–Crippen LogP) is 2.40. The highest BCUT2D eigenvalue weighted by molar-refractivity contribution is 5.90. The van der Waals surface area contributed by atoms with Gasteiger partial charge >= 0.3 is 6.03 Å². The number of urea groups is 1. The first-order valence-corrected chi connectivity index (χ1v) is 6.54. The van der Waals surface area contributed by atoms with Crippen LogP contribution in [0.4, 0.5) is 10.5 Å². The zero-order valence-corrected chi connectivity index (χ0v) is 12.2. The molecule has 0 heterocycles. The van der Waals surface area contributed by atoms with Crippen LogP contribution in [0, 0.1) is 23.7 Å². The first-order valence-electron chi connectivity index (χ1n) is 6.54. The molecule has 0 saturated carbocycles. The molecule has 0 aromatic heterocycles. The lowest BCUT2D eigenvalue weighted by atomic mass is 9.90. The van der Waals surface area contributed by atoms with Crippen LogP contribution in [0.2, 0.25) is 0 Å². The molecule has 0 aliphatic carbocycles. The number of carbonyl (C=O) groups excluding carboxylic acids is 1. The molecular formula is C15H21N3O2. The van der Waals surface area contributed by atoms with E-state index in [1.807, 2.05) is 26.8 Å². The number of anilines is 1. The third-order valence-electron chi connectivity index (χ3n) is 3.13. The van der Waals surface area contributed by atoms with Gasteiger partial charge in [0.2, 0.25) is 0 Å². The quantitative estimate of drug-likeness (QED) is 0.771. The van der Waals surface area contributed by atoms with E-state index in [-0.39, 0.29) is 18.1 Å². The number of nitrogens with one attached hydrogen (secondary N) is 2. The maximum absolute atomic E-state index is 11.8. The van der Waals surface area contributed by atoms with Crippen molar-refractivity contribution < 1.29 is 9.90 Å². The molecule has 0 aliphatic heterocycles. The summed E-state index contributed by atoms with van der Waals surface area (Å²) in [6, 6.07) is 6.88. The van der Waals surface area contributed by atoms with Gasteiger partial charge in [0.1, 0.15) is 0 Å². The van der Waals surface area contributed by atoms with Gasteiger partial charge in [-0.3, -0.25) is 0 Å². The van der Waals surface area contributed by atoms with Gasteiger partial charge in [0.05, 0.1) is 11.6 Å². The fraction of sp³-hybridized carbons (Fsp3) is 0.467. The van der Waals surface area contributed by atoms with Gasteiger partial charge in [0, 0.05) is 18.8 Å². The summed E-state index contributed by atoms with van der Waals surface area (Å²) in [4.78, 5) is 11.8. The van der Waals surface area contributed by atoms with Crippen molar-refractivity contribution in [1.29, 1.82) is 5.26 Å². The summed E-state index contributed by atoms with van der Waals surface area (Å²) < 4.78 is 0. The fourth-order valence-corrected chi connectivity index (χ4v) is 1.70. The summed E-state index contributed by atoms with van der Waals surface area (Å²) >= 11 is 0. The molecule has 0 aliphatic rings. The van der Waals surface area contributed by atoms with Crippen LogP contribution in [-0.4, -0.2) is 24.3 Å². The van der Waals surface area contributed by atoms with Crippen LogP contribution in [0.15, 0.2) is 18.2 Å². The molecule has 2 amide bonds. The first-order chi connectivity index (χ1) is 9.38. The van der Waals surface area contributed by atoms with E-state index < -0.39 is 0 Å². The Balaban J connectivity index is 2.61. The van der Waals surface area contributed by atoms with Crippen molar-refractivity contribution in [2.75, 3.05) is 18.5 Å². The van der Waals surface area contributed by atoms with Crippen molar-refractivity contribution in [2.24, 2.45) is 5.41 Å². The van der Waals surface area contributed by atoms with Gasteiger partial charge in [-0.25, -0.2) is 4.79 Å². The van der Waals surface area contributed by atoms with Crippen molar-refractivity contribution in [1.82, 2.24) is 5.32 Å². The summed E-state index contributed by atoms with van der Waals surface area (Å²) in [6.07, 6.45) is 0.621. The zero-order chi connectivity index (χ0) is 15.2. The third kappa shape index (κ3) is 4.90. The average Bonchev–Trinajstić information content (AvgIpc) is 2.39. The number of carbonyl (C=O) groups is 1. The normalized spacial score (nSPS) is 10.8. The van der Waals surface area contributed by atoms with E-state index in [1.165, 1.54) is 0 Å². The van der Waals surface area contributed by atoms with E-state index in [9.17, 15) is 4.79 Å². The molecule has 0 bridgehead atoms. The molecule has 0 fully saturated rings. The molecule has 1 aromatic rings. The van der Waals surface area contributed by atoms with Gasteiger partial charge in [0.25, 0.3) is 0 Å². The molecule has 0 radical (unpaired) electrons. The molecule has 5 nitrogen and oxygen atoms in total. The van der Waals surface area contributed by atoms with Gasteiger partial charge < -0.3 is 15.7 Å². The number of hydrogen-bond donors (Lipinski definition) is 3. The summed E-state index contributed by atoms with van der Waals surface area (Å²) in [5.41, 5.74) is 1.87. The molecule has 0 saturated heterocycles. The Bertz CT molecular complexity index is 518. The van der Waals surface area contributed by atoms with E-state index in [0.717, 1.165) is 5.56 Å². The van der Waals surface area contributed by atoms with Crippen molar-refractivity contribution >= 4 is 11.7 Å². The predicted molar refractivity (Wildman–Crippen MR) is 78.4 cm³/mol. The minimum absolute atomic E-state index is 0.0968. The van der Waals surface area contributed by atoms with Gasteiger partial charge in [-0.2, -0.15) is 5.26 Å². The lowest BCUT2D eigenvalue weighted by Gasteiger charge is -2.24. The van der Waals surface area contributed by atoms with Gasteiger partial charge in [-0.05, 0) is 36.5 Å². The van der Waals surface area contributed by atoms with Crippen molar-refractivity contribution in [3.05, 3.63) is 29.3 Å². The van der Waals surface area contributed by atoms with E-state index in [1.54, 1.807) is 18.2 Å². The van der Waals surface area contributed by atoms with Gasteiger partial charge in [0.15, 0.2) is 0 Å². The van der Waals surface area contributed by atoms with E-state index in [0.29, 0.717) is 24.2 Å². The van der Waals surface area contributed by atoms with Crippen LogP contribution in [0.3, 0.4) is 0 Å². The Kier molecular flexibility index (Phi) is 5.53. The van der Waals surface area contributed by atoms with Crippen molar-refractivity contribution in [3.63, 3.8) is 0 Å². The van der Waals surface area contributed by atoms with Crippen LogP contribution in [0.25, 0.3) is 0 Å². The Labute approximate surface area is 119 Å². The lowest BCUT2D eigenvalue weighted by Crippen LogP contribution is -2.37.